The molecule has 0 bridgehead atoms. The molecule has 0 fully saturated rings. The maximum absolute atomic E-state index is 11.1. The minimum atomic E-state index is -0.370. The molecule has 1 aromatic heterocycles. The Kier molecular flexibility index (Phi) is 3.06. The molecular formula is C10H14N2O2. The number of esters is 1. The second-order valence-electron chi connectivity index (χ2n) is 3.24. The van der Waals surface area contributed by atoms with Gasteiger partial charge in [-0.25, -0.2) is 9.78 Å². The van der Waals surface area contributed by atoms with Crippen molar-refractivity contribution in [3.8, 4) is 0 Å². The summed E-state index contributed by atoms with van der Waals surface area (Å²) in [6.07, 6.45) is 1.69. The lowest BCUT2D eigenvalue weighted by atomic mass is 10.3. The van der Waals surface area contributed by atoms with Crippen LogP contribution in [0.1, 0.15) is 18.3 Å². The Morgan fingerprint density at radius 2 is 2.36 bits per heavy atom. The molecule has 0 atom stereocenters. The average molecular weight is 194 g/mol. The minimum absolute atomic E-state index is 0.244. The maximum Gasteiger partial charge on any atom is 0.333 e. The van der Waals surface area contributed by atoms with E-state index < -0.39 is 0 Å². The highest BCUT2D eigenvalue weighted by molar-refractivity contribution is 5.86. The third-order valence-corrected chi connectivity index (χ3v) is 1.96. The first-order valence-corrected chi connectivity index (χ1v) is 4.31. The van der Waals surface area contributed by atoms with Gasteiger partial charge < -0.3 is 9.30 Å². The number of aromatic nitrogens is 2. The molecule has 0 aromatic carbocycles. The molecule has 1 heterocycles. The summed E-state index contributed by atoms with van der Waals surface area (Å²) < 4.78 is 6.84. The molecule has 0 aliphatic rings. The Labute approximate surface area is 83.2 Å². The number of carbonyl (C=O) groups is 1. The van der Waals surface area contributed by atoms with Gasteiger partial charge in [-0.3, -0.25) is 0 Å². The summed E-state index contributed by atoms with van der Waals surface area (Å²) in [6, 6.07) is 0. The SMILES string of the molecule is C=C(C)C(=O)OCc1c(C)ncn1C. The summed E-state index contributed by atoms with van der Waals surface area (Å²) in [5, 5.41) is 0. The van der Waals surface area contributed by atoms with Gasteiger partial charge in [0.15, 0.2) is 0 Å². The number of imidazole rings is 1. The second-order valence-corrected chi connectivity index (χ2v) is 3.24. The largest absolute Gasteiger partial charge is 0.456 e. The van der Waals surface area contributed by atoms with E-state index in [0.717, 1.165) is 11.4 Å². The quantitative estimate of drug-likeness (QED) is 0.539. The van der Waals surface area contributed by atoms with Crippen molar-refractivity contribution in [3.63, 3.8) is 0 Å². The maximum atomic E-state index is 11.1. The van der Waals surface area contributed by atoms with Gasteiger partial charge >= 0.3 is 5.97 Å². The van der Waals surface area contributed by atoms with Crippen LogP contribution in [0.3, 0.4) is 0 Å². The average Bonchev–Trinajstić information content (AvgIpc) is 2.43. The van der Waals surface area contributed by atoms with Crippen molar-refractivity contribution in [3.05, 3.63) is 29.9 Å². The zero-order chi connectivity index (χ0) is 10.7. The van der Waals surface area contributed by atoms with Crippen molar-refractivity contribution in [2.75, 3.05) is 0 Å². The van der Waals surface area contributed by atoms with Crippen molar-refractivity contribution in [1.29, 1.82) is 0 Å². The molecule has 0 amide bonds. The monoisotopic (exact) mass is 194 g/mol. The standard InChI is InChI=1S/C10H14N2O2/c1-7(2)10(13)14-5-9-8(3)11-6-12(9)4/h6H,1,5H2,2-4H3. The van der Waals surface area contributed by atoms with E-state index in [-0.39, 0.29) is 12.6 Å². The van der Waals surface area contributed by atoms with Gasteiger partial charge in [0.1, 0.15) is 6.61 Å². The smallest absolute Gasteiger partial charge is 0.333 e. The fourth-order valence-electron chi connectivity index (χ4n) is 1.04. The molecule has 4 heteroatoms. The molecule has 0 saturated heterocycles. The van der Waals surface area contributed by atoms with Crippen LogP contribution in [0.15, 0.2) is 18.5 Å². The van der Waals surface area contributed by atoms with Gasteiger partial charge in [-0.2, -0.15) is 0 Å². The van der Waals surface area contributed by atoms with Crippen LogP contribution in [0.2, 0.25) is 0 Å². The lowest BCUT2D eigenvalue weighted by Gasteiger charge is -2.05. The first-order valence-electron chi connectivity index (χ1n) is 4.31. The molecule has 0 aliphatic carbocycles. The van der Waals surface area contributed by atoms with Crippen LogP contribution in [0.4, 0.5) is 0 Å². The Hall–Kier alpha value is -1.58. The number of nitrogens with zero attached hydrogens (tertiary/aromatic N) is 2. The molecule has 4 nitrogen and oxygen atoms in total. The zero-order valence-corrected chi connectivity index (χ0v) is 8.70. The van der Waals surface area contributed by atoms with Crippen LogP contribution >= 0.6 is 0 Å². The summed E-state index contributed by atoms with van der Waals surface area (Å²) in [6.45, 7) is 7.25. The highest BCUT2D eigenvalue weighted by Crippen LogP contribution is 2.07. The Morgan fingerprint density at radius 3 is 2.79 bits per heavy atom. The fourth-order valence-corrected chi connectivity index (χ4v) is 1.04. The van der Waals surface area contributed by atoms with E-state index in [1.54, 1.807) is 13.3 Å². The van der Waals surface area contributed by atoms with E-state index in [4.69, 9.17) is 4.74 Å². The van der Waals surface area contributed by atoms with E-state index >= 15 is 0 Å². The Morgan fingerprint density at radius 1 is 1.71 bits per heavy atom. The van der Waals surface area contributed by atoms with Crippen LogP contribution in [0.5, 0.6) is 0 Å². The fraction of sp³-hybridized carbons (Fsp3) is 0.400. The number of hydrogen-bond donors (Lipinski definition) is 0. The van der Waals surface area contributed by atoms with Gasteiger partial charge in [-0.05, 0) is 13.8 Å². The molecule has 0 aliphatic heterocycles. The zero-order valence-electron chi connectivity index (χ0n) is 8.70. The van der Waals surface area contributed by atoms with Gasteiger partial charge in [-0.1, -0.05) is 6.58 Å². The van der Waals surface area contributed by atoms with E-state index in [0.29, 0.717) is 5.57 Å². The predicted molar refractivity (Wildman–Crippen MR) is 52.6 cm³/mol. The summed E-state index contributed by atoms with van der Waals surface area (Å²) in [5.41, 5.74) is 2.19. The van der Waals surface area contributed by atoms with E-state index in [1.807, 2.05) is 18.5 Å². The molecule has 1 aromatic rings. The third-order valence-electron chi connectivity index (χ3n) is 1.96. The molecule has 0 N–H and O–H groups in total. The summed E-state index contributed by atoms with van der Waals surface area (Å²) in [4.78, 5) is 15.2. The Balaban J connectivity index is 2.62. The highest BCUT2D eigenvalue weighted by atomic mass is 16.5. The molecule has 0 spiro atoms. The second kappa shape index (κ2) is 4.09. The first-order chi connectivity index (χ1) is 6.52. The van der Waals surface area contributed by atoms with Crippen molar-refractivity contribution in [1.82, 2.24) is 9.55 Å². The van der Waals surface area contributed by atoms with E-state index in [1.165, 1.54) is 0 Å². The van der Waals surface area contributed by atoms with Gasteiger partial charge in [0.25, 0.3) is 0 Å². The number of rotatable bonds is 3. The van der Waals surface area contributed by atoms with Gasteiger partial charge in [0, 0.05) is 12.6 Å². The molecule has 76 valence electrons. The van der Waals surface area contributed by atoms with E-state index in [2.05, 4.69) is 11.6 Å². The van der Waals surface area contributed by atoms with Crippen LogP contribution in [0.25, 0.3) is 0 Å². The van der Waals surface area contributed by atoms with Crippen LogP contribution in [-0.4, -0.2) is 15.5 Å². The predicted octanol–water partition coefficient (Wildman–Crippen LogP) is 1.35. The van der Waals surface area contributed by atoms with Crippen molar-refractivity contribution >= 4 is 5.97 Å². The normalized spacial score (nSPS) is 9.93. The first kappa shape index (κ1) is 10.5. The van der Waals surface area contributed by atoms with Crippen molar-refractivity contribution in [2.45, 2.75) is 20.5 Å². The summed E-state index contributed by atoms with van der Waals surface area (Å²) in [5.74, 6) is -0.370. The van der Waals surface area contributed by atoms with E-state index in [9.17, 15) is 4.79 Å². The highest BCUT2D eigenvalue weighted by Gasteiger charge is 2.08. The van der Waals surface area contributed by atoms with Crippen LogP contribution in [0, 0.1) is 6.92 Å². The lowest BCUT2D eigenvalue weighted by Crippen LogP contribution is -2.08. The van der Waals surface area contributed by atoms with Gasteiger partial charge in [0.2, 0.25) is 0 Å². The number of aryl methyl sites for hydroxylation is 2. The summed E-state index contributed by atoms with van der Waals surface area (Å²) in [7, 11) is 1.87. The van der Waals surface area contributed by atoms with Gasteiger partial charge in [0.05, 0.1) is 17.7 Å². The Bertz CT molecular complexity index is 347. The third kappa shape index (κ3) is 2.22. The number of carbonyl (C=O) groups excluding carboxylic acids is 1. The minimum Gasteiger partial charge on any atom is -0.456 e. The van der Waals surface area contributed by atoms with Crippen LogP contribution in [-0.2, 0) is 23.2 Å². The molecule has 14 heavy (non-hydrogen) atoms. The molecular weight excluding hydrogens is 180 g/mol. The molecule has 0 radical (unpaired) electrons. The van der Waals surface area contributed by atoms with Gasteiger partial charge in [-0.15, -0.1) is 0 Å². The van der Waals surface area contributed by atoms with Crippen molar-refractivity contribution < 1.29 is 9.53 Å². The van der Waals surface area contributed by atoms with Crippen LogP contribution < -0.4 is 0 Å². The topological polar surface area (TPSA) is 44.1 Å². The molecule has 0 saturated carbocycles. The number of ether oxygens (including phenoxy) is 1. The lowest BCUT2D eigenvalue weighted by molar-refractivity contribution is -0.140. The molecule has 0 unspecified atom stereocenters. The molecule has 1 rings (SSSR count). The number of hydrogen-bond acceptors (Lipinski definition) is 3. The summed E-state index contributed by atoms with van der Waals surface area (Å²) >= 11 is 0. The van der Waals surface area contributed by atoms with Crippen molar-refractivity contribution in [2.24, 2.45) is 7.05 Å².